The van der Waals surface area contributed by atoms with Crippen LogP contribution in [0.15, 0.2) is 53.4 Å². The first-order valence-electron chi connectivity index (χ1n) is 7.74. The summed E-state index contributed by atoms with van der Waals surface area (Å²) in [7, 11) is 0. The first-order valence-corrected chi connectivity index (χ1v) is 9.10. The largest absolute Gasteiger partial charge is 0.354 e. The van der Waals surface area contributed by atoms with E-state index in [0.29, 0.717) is 23.7 Å². The molecule has 2 aromatic rings. The van der Waals surface area contributed by atoms with Crippen LogP contribution in [-0.4, -0.2) is 30.7 Å². The van der Waals surface area contributed by atoms with Crippen LogP contribution in [0.5, 0.6) is 0 Å². The van der Waals surface area contributed by atoms with Crippen molar-refractivity contribution in [1.29, 1.82) is 0 Å². The lowest BCUT2D eigenvalue weighted by Crippen LogP contribution is -2.35. The van der Waals surface area contributed by atoms with E-state index in [-0.39, 0.29) is 18.0 Å². The normalized spacial score (nSPS) is 10.3. The molecule has 0 atom stereocenters. The van der Waals surface area contributed by atoms with Crippen molar-refractivity contribution >= 4 is 35.2 Å². The van der Waals surface area contributed by atoms with Crippen LogP contribution in [-0.2, 0) is 4.79 Å². The number of nitrogens with one attached hydrogen (secondary N) is 2. The van der Waals surface area contributed by atoms with Gasteiger partial charge in [-0.3, -0.25) is 9.59 Å². The second-order valence-electron chi connectivity index (χ2n) is 5.14. The summed E-state index contributed by atoms with van der Waals surface area (Å²) in [6.07, 6.45) is 0.370. The first-order chi connectivity index (χ1) is 12.1. The number of carbonyl (C=O) groups excluding carboxylic acids is 2. The molecule has 0 aliphatic heterocycles. The third kappa shape index (κ3) is 6.76. The van der Waals surface area contributed by atoms with E-state index in [9.17, 15) is 14.0 Å². The van der Waals surface area contributed by atoms with Crippen molar-refractivity contribution in [3.63, 3.8) is 0 Å². The van der Waals surface area contributed by atoms with Crippen LogP contribution in [0.4, 0.5) is 4.39 Å². The Morgan fingerprint density at radius 1 is 1.00 bits per heavy atom. The summed E-state index contributed by atoms with van der Waals surface area (Å²) < 4.78 is 13.4. The van der Waals surface area contributed by atoms with Gasteiger partial charge in [0.2, 0.25) is 5.91 Å². The Balaban J connectivity index is 1.60. The maximum atomic E-state index is 13.4. The van der Waals surface area contributed by atoms with Gasteiger partial charge in [0, 0.05) is 35.2 Å². The molecular formula is C18H18ClFN2O2S. The molecule has 2 amide bonds. The summed E-state index contributed by atoms with van der Waals surface area (Å²) in [5.74, 6) is -0.509. The Hall–Kier alpha value is -2.05. The molecule has 0 fully saturated rings. The third-order valence-electron chi connectivity index (χ3n) is 3.26. The van der Waals surface area contributed by atoms with Crippen LogP contribution in [0, 0.1) is 5.82 Å². The van der Waals surface area contributed by atoms with E-state index in [1.807, 2.05) is 24.3 Å². The van der Waals surface area contributed by atoms with Crippen LogP contribution in [0.3, 0.4) is 0 Å². The maximum absolute atomic E-state index is 13.4. The van der Waals surface area contributed by atoms with Crippen molar-refractivity contribution in [2.75, 3.05) is 18.8 Å². The van der Waals surface area contributed by atoms with E-state index < -0.39 is 11.7 Å². The highest BCUT2D eigenvalue weighted by molar-refractivity contribution is 7.99. The lowest BCUT2D eigenvalue weighted by atomic mass is 10.2. The molecule has 0 aliphatic carbocycles. The van der Waals surface area contributed by atoms with Crippen molar-refractivity contribution in [2.24, 2.45) is 0 Å². The lowest BCUT2D eigenvalue weighted by Gasteiger charge is -2.08. The van der Waals surface area contributed by atoms with E-state index in [1.54, 1.807) is 17.8 Å². The predicted octanol–water partition coefficient (Wildman–Crippen LogP) is 3.51. The first kappa shape index (κ1) is 19.3. The van der Waals surface area contributed by atoms with Gasteiger partial charge in [0.1, 0.15) is 5.82 Å². The molecule has 25 heavy (non-hydrogen) atoms. The standard InChI is InChI=1S/C18H18ClFN2O2S/c19-13-5-7-14(8-6-13)25-12-9-17(23)21-10-11-22-18(24)15-3-1-2-4-16(15)20/h1-8H,9-12H2,(H,21,23)(H,22,24). The van der Waals surface area contributed by atoms with E-state index in [4.69, 9.17) is 11.6 Å². The van der Waals surface area contributed by atoms with E-state index in [1.165, 1.54) is 18.2 Å². The fraction of sp³-hybridized carbons (Fsp3) is 0.222. The molecule has 0 spiro atoms. The molecule has 0 saturated carbocycles. The summed E-state index contributed by atoms with van der Waals surface area (Å²) in [5, 5.41) is 5.97. The van der Waals surface area contributed by atoms with E-state index in [0.717, 1.165) is 4.90 Å². The number of rotatable bonds is 8. The SMILES string of the molecule is O=C(CCSc1ccc(Cl)cc1)NCCNC(=O)c1ccccc1F. The number of hydrogen-bond donors (Lipinski definition) is 2. The fourth-order valence-corrected chi connectivity index (χ4v) is 2.98. The lowest BCUT2D eigenvalue weighted by molar-refractivity contribution is -0.120. The zero-order valence-corrected chi connectivity index (χ0v) is 15.0. The molecule has 0 heterocycles. The molecule has 0 radical (unpaired) electrons. The molecule has 0 saturated heterocycles. The average Bonchev–Trinajstić information content (AvgIpc) is 2.60. The zero-order chi connectivity index (χ0) is 18.1. The van der Waals surface area contributed by atoms with Crippen molar-refractivity contribution in [3.05, 3.63) is 64.9 Å². The Morgan fingerprint density at radius 3 is 2.40 bits per heavy atom. The Kier molecular flexibility index (Phi) is 7.76. The van der Waals surface area contributed by atoms with Crippen molar-refractivity contribution in [2.45, 2.75) is 11.3 Å². The fourth-order valence-electron chi connectivity index (χ4n) is 2.00. The quantitative estimate of drug-likeness (QED) is 0.544. The number of carbonyl (C=O) groups is 2. The van der Waals surface area contributed by atoms with Crippen molar-refractivity contribution < 1.29 is 14.0 Å². The van der Waals surface area contributed by atoms with Gasteiger partial charge in [-0.1, -0.05) is 23.7 Å². The molecule has 132 valence electrons. The second-order valence-corrected chi connectivity index (χ2v) is 6.74. The molecule has 0 aromatic heterocycles. The Labute approximate surface area is 155 Å². The van der Waals surface area contributed by atoms with Gasteiger partial charge in [0.15, 0.2) is 0 Å². The van der Waals surface area contributed by atoms with Gasteiger partial charge in [-0.05, 0) is 36.4 Å². The van der Waals surface area contributed by atoms with E-state index >= 15 is 0 Å². The number of halogens is 2. The zero-order valence-electron chi connectivity index (χ0n) is 13.4. The number of thioether (sulfide) groups is 1. The topological polar surface area (TPSA) is 58.2 Å². The Bertz CT molecular complexity index is 725. The molecule has 2 aromatic carbocycles. The van der Waals surface area contributed by atoms with Gasteiger partial charge >= 0.3 is 0 Å². The highest BCUT2D eigenvalue weighted by atomic mass is 35.5. The summed E-state index contributed by atoms with van der Waals surface area (Å²) >= 11 is 7.38. The molecule has 2 rings (SSSR count). The van der Waals surface area contributed by atoms with Crippen LogP contribution in [0.2, 0.25) is 5.02 Å². The van der Waals surface area contributed by atoms with Gasteiger partial charge in [-0.25, -0.2) is 4.39 Å². The minimum absolute atomic E-state index is 0.00630. The molecule has 4 nitrogen and oxygen atoms in total. The minimum Gasteiger partial charge on any atom is -0.354 e. The molecule has 7 heteroatoms. The van der Waals surface area contributed by atoms with Crippen molar-refractivity contribution in [1.82, 2.24) is 10.6 Å². The smallest absolute Gasteiger partial charge is 0.254 e. The highest BCUT2D eigenvalue weighted by Crippen LogP contribution is 2.20. The maximum Gasteiger partial charge on any atom is 0.254 e. The third-order valence-corrected chi connectivity index (χ3v) is 4.53. The molecule has 2 N–H and O–H groups in total. The average molecular weight is 381 g/mol. The number of amides is 2. The van der Waals surface area contributed by atoms with E-state index in [2.05, 4.69) is 10.6 Å². The Morgan fingerprint density at radius 2 is 1.68 bits per heavy atom. The molecule has 0 unspecified atom stereocenters. The van der Waals surface area contributed by atoms with Gasteiger partial charge in [0.05, 0.1) is 5.56 Å². The molecule has 0 aliphatic rings. The second kappa shape index (κ2) is 10.1. The van der Waals surface area contributed by atoms with Gasteiger partial charge in [0.25, 0.3) is 5.91 Å². The molecular weight excluding hydrogens is 363 g/mol. The number of benzene rings is 2. The number of hydrogen-bond acceptors (Lipinski definition) is 3. The van der Waals surface area contributed by atoms with Crippen LogP contribution >= 0.6 is 23.4 Å². The summed E-state index contributed by atoms with van der Waals surface area (Å²) in [6.45, 7) is 0.536. The van der Waals surface area contributed by atoms with Gasteiger partial charge in [-0.2, -0.15) is 0 Å². The monoisotopic (exact) mass is 380 g/mol. The van der Waals surface area contributed by atoms with Crippen LogP contribution in [0.25, 0.3) is 0 Å². The van der Waals surface area contributed by atoms with Crippen molar-refractivity contribution in [3.8, 4) is 0 Å². The van der Waals surface area contributed by atoms with Gasteiger partial charge in [-0.15, -0.1) is 11.8 Å². The summed E-state index contributed by atoms with van der Waals surface area (Å²) in [4.78, 5) is 24.6. The summed E-state index contributed by atoms with van der Waals surface area (Å²) in [6, 6.07) is 13.2. The minimum atomic E-state index is -0.566. The summed E-state index contributed by atoms with van der Waals surface area (Å²) in [5.41, 5.74) is -0.00630. The van der Waals surface area contributed by atoms with Gasteiger partial charge < -0.3 is 10.6 Å². The molecule has 0 bridgehead atoms. The highest BCUT2D eigenvalue weighted by Gasteiger charge is 2.09. The van der Waals surface area contributed by atoms with Crippen LogP contribution < -0.4 is 10.6 Å². The van der Waals surface area contributed by atoms with Crippen LogP contribution in [0.1, 0.15) is 16.8 Å². The predicted molar refractivity (Wildman–Crippen MR) is 98.5 cm³/mol.